The largest absolute Gasteiger partial charge is 0.455 e. The van der Waals surface area contributed by atoms with E-state index in [1.165, 1.54) is 0 Å². The molecule has 15 heavy (non-hydrogen) atoms. The summed E-state index contributed by atoms with van der Waals surface area (Å²) in [4.78, 5) is 11.5. The molecule has 4 nitrogen and oxygen atoms in total. The molecule has 4 heteroatoms. The molecule has 0 bridgehead atoms. The van der Waals surface area contributed by atoms with E-state index < -0.39 is 11.6 Å². The molecule has 0 saturated carbocycles. The zero-order valence-electron chi connectivity index (χ0n) is 9.76. The Balaban J connectivity index is 4.44. The molecule has 0 heterocycles. The average Bonchev–Trinajstić information content (AvgIpc) is 2.10. The van der Waals surface area contributed by atoms with Gasteiger partial charge in [0.2, 0.25) is 0 Å². The number of ether oxygens (including phenoxy) is 1. The molecule has 0 radical (unpaired) electrons. The van der Waals surface area contributed by atoms with Crippen molar-refractivity contribution in [3.8, 4) is 6.07 Å². The van der Waals surface area contributed by atoms with E-state index in [1.807, 2.05) is 13.0 Å². The van der Waals surface area contributed by atoms with Crippen LogP contribution in [0.3, 0.4) is 0 Å². The van der Waals surface area contributed by atoms with Crippen LogP contribution in [0.1, 0.15) is 40.5 Å². The fourth-order valence-corrected chi connectivity index (χ4v) is 1.06. The Morgan fingerprint density at radius 2 is 2.07 bits per heavy atom. The predicted molar refractivity (Wildman–Crippen MR) is 57.6 cm³/mol. The number of esters is 1. The summed E-state index contributed by atoms with van der Waals surface area (Å²) in [6.07, 6.45) is 0.792. The van der Waals surface area contributed by atoms with Gasteiger partial charge in [0, 0.05) is 12.3 Å². The van der Waals surface area contributed by atoms with Gasteiger partial charge in [-0.3, -0.25) is 5.41 Å². The molecule has 0 spiro atoms. The van der Waals surface area contributed by atoms with Gasteiger partial charge < -0.3 is 4.74 Å². The highest BCUT2D eigenvalue weighted by atomic mass is 16.6. The number of hydrogen-bond donors (Lipinski definition) is 1. The van der Waals surface area contributed by atoms with Gasteiger partial charge in [-0.15, -0.1) is 0 Å². The molecule has 1 N–H and O–H groups in total. The van der Waals surface area contributed by atoms with Crippen molar-refractivity contribution in [2.24, 2.45) is 5.92 Å². The van der Waals surface area contributed by atoms with E-state index in [2.05, 4.69) is 0 Å². The summed E-state index contributed by atoms with van der Waals surface area (Å²) in [5, 5.41) is 16.1. The first kappa shape index (κ1) is 13.6. The SMILES string of the molecule is CC[C@@H](CC#N)C(=N)C(=O)OC(C)(C)C. The first-order chi connectivity index (χ1) is 6.81. The van der Waals surface area contributed by atoms with Crippen molar-refractivity contribution < 1.29 is 9.53 Å². The van der Waals surface area contributed by atoms with Crippen LogP contribution in [-0.2, 0) is 9.53 Å². The molecule has 0 aromatic heterocycles. The average molecular weight is 210 g/mol. The number of rotatable bonds is 4. The number of nitriles is 1. The van der Waals surface area contributed by atoms with Crippen LogP contribution in [0.5, 0.6) is 0 Å². The third-order valence-corrected chi connectivity index (χ3v) is 1.86. The van der Waals surface area contributed by atoms with E-state index in [0.29, 0.717) is 6.42 Å². The van der Waals surface area contributed by atoms with Crippen molar-refractivity contribution in [3.05, 3.63) is 0 Å². The first-order valence-corrected chi connectivity index (χ1v) is 5.00. The van der Waals surface area contributed by atoms with Crippen molar-refractivity contribution in [2.45, 2.75) is 46.1 Å². The zero-order chi connectivity index (χ0) is 12.1. The van der Waals surface area contributed by atoms with Crippen molar-refractivity contribution in [1.29, 1.82) is 10.7 Å². The summed E-state index contributed by atoms with van der Waals surface area (Å²) >= 11 is 0. The third kappa shape index (κ3) is 5.16. The monoisotopic (exact) mass is 210 g/mol. The predicted octanol–water partition coefficient (Wildman–Crippen LogP) is 2.29. The highest BCUT2D eigenvalue weighted by Gasteiger charge is 2.25. The molecule has 0 unspecified atom stereocenters. The third-order valence-electron chi connectivity index (χ3n) is 1.86. The van der Waals surface area contributed by atoms with E-state index in [4.69, 9.17) is 15.4 Å². The number of carbonyl (C=O) groups is 1. The van der Waals surface area contributed by atoms with Crippen LogP contribution in [-0.4, -0.2) is 17.3 Å². The van der Waals surface area contributed by atoms with Crippen LogP contribution >= 0.6 is 0 Å². The minimum atomic E-state index is -0.621. The molecule has 0 aromatic carbocycles. The number of nitrogens with zero attached hydrogens (tertiary/aromatic N) is 1. The summed E-state index contributed by atoms with van der Waals surface area (Å²) in [6.45, 7) is 7.11. The number of carbonyl (C=O) groups excluding carboxylic acids is 1. The highest BCUT2D eigenvalue weighted by Crippen LogP contribution is 2.14. The molecule has 0 saturated heterocycles. The molecular formula is C11H18N2O2. The fourth-order valence-electron chi connectivity index (χ4n) is 1.06. The van der Waals surface area contributed by atoms with Crippen LogP contribution in [0.15, 0.2) is 0 Å². The second kappa shape index (κ2) is 5.50. The van der Waals surface area contributed by atoms with E-state index in [9.17, 15) is 4.79 Å². The van der Waals surface area contributed by atoms with E-state index >= 15 is 0 Å². The lowest BCUT2D eigenvalue weighted by Crippen LogP contribution is -2.32. The van der Waals surface area contributed by atoms with Crippen LogP contribution < -0.4 is 0 Å². The van der Waals surface area contributed by atoms with Crippen molar-refractivity contribution >= 4 is 11.7 Å². The van der Waals surface area contributed by atoms with E-state index in [0.717, 1.165) is 0 Å². The summed E-state index contributed by atoms with van der Waals surface area (Å²) in [5.74, 6) is -0.936. The molecule has 0 aliphatic heterocycles. The normalized spacial score (nSPS) is 12.7. The molecule has 84 valence electrons. The van der Waals surface area contributed by atoms with Gasteiger partial charge in [0.05, 0.1) is 6.07 Å². The number of nitrogens with one attached hydrogen (secondary N) is 1. The summed E-state index contributed by atoms with van der Waals surface area (Å²) in [7, 11) is 0. The minimum absolute atomic E-state index is 0.103. The molecule has 1 atom stereocenters. The van der Waals surface area contributed by atoms with Crippen LogP contribution in [0.2, 0.25) is 0 Å². The van der Waals surface area contributed by atoms with Crippen molar-refractivity contribution in [1.82, 2.24) is 0 Å². The topological polar surface area (TPSA) is 73.9 Å². The van der Waals surface area contributed by atoms with Crippen LogP contribution in [0.25, 0.3) is 0 Å². The Hall–Kier alpha value is -1.37. The van der Waals surface area contributed by atoms with Crippen LogP contribution in [0, 0.1) is 22.7 Å². The summed E-state index contributed by atoms with van der Waals surface area (Å²) in [6, 6.07) is 1.97. The summed E-state index contributed by atoms with van der Waals surface area (Å²) in [5.41, 5.74) is -0.692. The lowest BCUT2D eigenvalue weighted by molar-refractivity contribution is -0.146. The Bertz CT molecular complexity index is 284. The van der Waals surface area contributed by atoms with Gasteiger partial charge in [0.1, 0.15) is 11.3 Å². The Morgan fingerprint density at radius 1 is 1.53 bits per heavy atom. The Labute approximate surface area is 90.7 Å². The zero-order valence-corrected chi connectivity index (χ0v) is 9.76. The molecule has 0 amide bonds. The second-order valence-electron chi connectivity index (χ2n) is 4.38. The van der Waals surface area contributed by atoms with Gasteiger partial charge in [-0.25, -0.2) is 4.79 Å². The molecule has 0 aliphatic carbocycles. The fraction of sp³-hybridized carbons (Fsp3) is 0.727. The smallest absolute Gasteiger partial charge is 0.352 e. The minimum Gasteiger partial charge on any atom is -0.455 e. The standard InChI is InChI=1S/C11H18N2O2/c1-5-8(6-7-12)9(13)10(14)15-11(2,3)4/h8,13H,5-6H2,1-4H3/t8-/m0/s1. The maximum absolute atomic E-state index is 11.5. The highest BCUT2D eigenvalue weighted by molar-refractivity contribution is 6.36. The Morgan fingerprint density at radius 3 is 2.40 bits per heavy atom. The van der Waals surface area contributed by atoms with E-state index in [-0.39, 0.29) is 18.1 Å². The Kier molecular flexibility index (Phi) is 4.99. The van der Waals surface area contributed by atoms with Gasteiger partial charge in [0.25, 0.3) is 0 Å². The van der Waals surface area contributed by atoms with E-state index in [1.54, 1.807) is 20.8 Å². The molecule has 0 fully saturated rings. The maximum Gasteiger partial charge on any atom is 0.352 e. The van der Waals surface area contributed by atoms with Gasteiger partial charge in [-0.05, 0) is 27.2 Å². The van der Waals surface area contributed by atoms with Crippen LogP contribution in [0.4, 0.5) is 0 Å². The quantitative estimate of drug-likeness (QED) is 0.571. The van der Waals surface area contributed by atoms with Crippen molar-refractivity contribution in [3.63, 3.8) is 0 Å². The number of hydrogen-bond acceptors (Lipinski definition) is 4. The lowest BCUT2D eigenvalue weighted by Gasteiger charge is -2.21. The maximum atomic E-state index is 11.5. The van der Waals surface area contributed by atoms with Gasteiger partial charge in [0.15, 0.2) is 0 Å². The molecule has 0 rings (SSSR count). The van der Waals surface area contributed by atoms with Crippen molar-refractivity contribution in [2.75, 3.05) is 0 Å². The van der Waals surface area contributed by atoms with Gasteiger partial charge >= 0.3 is 5.97 Å². The second-order valence-corrected chi connectivity index (χ2v) is 4.38. The van der Waals surface area contributed by atoms with Gasteiger partial charge in [-0.1, -0.05) is 6.92 Å². The molecular weight excluding hydrogens is 192 g/mol. The summed E-state index contributed by atoms with van der Waals surface area (Å²) < 4.78 is 5.06. The molecule has 0 aromatic rings. The lowest BCUT2D eigenvalue weighted by atomic mass is 9.97. The first-order valence-electron chi connectivity index (χ1n) is 5.00. The molecule has 0 aliphatic rings. The van der Waals surface area contributed by atoms with Gasteiger partial charge in [-0.2, -0.15) is 5.26 Å².